The Morgan fingerprint density at radius 2 is 1.84 bits per heavy atom. The molecule has 0 saturated heterocycles. The molecule has 0 aromatic heterocycles. The van der Waals surface area contributed by atoms with Gasteiger partial charge in [-0.25, -0.2) is 0 Å². The second-order valence-electron chi connectivity index (χ2n) is 6.64. The number of halogens is 1. The van der Waals surface area contributed by atoms with Crippen LogP contribution < -0.4 is 15.8 Å². The lowest BCUT2D eigenvalue weighted by Gasteiger charge is -2.20. The van der Waals surface area contributed by atoms with Crippen LogP contribution in [0.15, 0.2) is 46.9 Å². The number of primary amides is 1. The van der Waals surface area contributed by atoms with Crippen molar-refractivity contribution >= 4 is 33.4 Å². The van der Waals surface area contributed by atoms with Crippen LogP contribution in [0.1, 0.15) is 36.7 Å². The number of para-hydroxylation sites is 1. The van der Waals surface area contributed by atoms with Crippen molar-refractivity contribution in [2.24, 2.45) is 5.73 Å². The van der Waals surface area contributed by atoms with Crippen LogP contribution in [0.4, 0.5) is 5.69 Å². The molecule has 0 aliphatic heterocycles. The average Bonchev–Trinajstić information content (AvgIpc) is 2.53. The molecule has 0 aliphatic carbocycles. The Balaban J connectivity index is 2.03. The molecule has 0 bridgehead atoms. The Kier molecular flexibility index (Phi) is 5.85. The zero-order valence-electron chi connectivity index (χ0n) is 14.4. The molecule has 2 rings (SSSR count). The summed E-state index contributed by atoms with van der Waals surface area (Å²) < 4.78 is 6.35. The number of hydrogen-bond acceptors (Lipinski definition) is 3. The van der Waals surface area contributed by atoms with Crippen LogP contribution in [-0.4, -0.2) is 18.4 Å². The van der Waals surface area contributed by atoms with E-state index in [0.717, 1.165) is 10.0 Å². The van der Waals surface area contributed by atoms with Gasteiger partial charge >= 0.3 is 0 Å². The van der Waals surface area contributed by atoms with Crippen LogP contribution in [0.2, 0.25) is 0 Å². The molecule has 0 heterocycles. The molecule has 5 nitrogen and oxygen atoms in total. The molecule has 2 aromatic carbocycles. The maximum absolute atomic E-state index is 12.1. The first-order valence-electron chi connectivity index (χ1n) is 7.80. The zero-order valence-corrected chi connectivity index (χ0v) is 16.0. The summed E-state index contributed by atoms with van der Waals surface area (Å²) in [5.41, 5.74) is 7.10. The number of ether oxygens (including phenoxy) is 1. The van der Waals surface area contributed by atoms with E-state index in [2.05, 4.69) is 42.0 Å². The summed E-state index contributed by atoms with van der Waals surface area (Å²) in [6.45, 7) is 6.19. The predicted octanol–water partition coefficient (Wildman–Crippen LogP) is 3.86. The zero-order chi connectivity index (χ0) is 18.6. The molecule has 2 aromatic rings. The van der Waals surface area contributed by atoms with Crippen LogP contribution in [0, 0.1) is 0 Å². The van der Waals surface area contributed by atoms with Crippen LogP contribution in [0.5, 0.6) is 5.75 Å². The van der Waals surface area contributed by atoms with Crippen molar-refractivity contribution in [2.45, 2.75) is 26.2 Å². The molecular weight excluding hydrogens is 384 g/mol. The Morgan fingerprint density at radius 1 is 1.16 bits per heavy atom. The van der Waals surface area contributed by atoms with E-state index in [1.54, 1.807) is 24.3 Å². The van der Waals surface area contributed by atoms with Crippen molar-refractivity contribution in [3.8, 4) is 5.75 Å². The molecule has 0 saturated carbocycles. The van der Waals surface area contributed by atoms with Gasteiger partial charge in [-0.1, -0.05) is 39.0 Å². The van der Waals surface area contributed by atoms with Crippen molar-refractivity contribution in [1.29, 1.82) is 0 Å². The molecule has 0 unspecified atom stereocenters. The quantitative estimate of drug-likeness (QED) is 0.793. The molecule has 2 amide bonds. The minimum Gasteiger partial charge on any atom is -0.483 e. The minimum atomic E-state index is -0.600. The van der Waals surface area contributed by atoms with Crippen LogP contribution in [-0.2, 0) is 10.2 Å². The fourth-order valence-corrected chi connectivity index (χ4v) is 2.71. The van der Waals surface area contributed by atoms with E-state index in [4.69, 9.17) is 10.5 Å². The van der Waals surface area contributed by atoms with E-state index in [0.29, 0.717) is 11.4 Å². The van der Waals surface area contributed by atoms with Gasteiger partial charge in [0, 0.05) is 0 Å². The Labute approximate surface area is 155 Å². The Bertz CT molecular complexity index is 797. The molecule has 0 fully saturated rings. The van der Waals surface area contributed by atoms with Crippen LogP contribution >= 0.6 is 15.9 Å². The molecule has 0 spiro atoms. The second-order valence-corrected chi connectivity index (χ2v) is 7.50. The summed E-state index contributed by atoms with van der Waals surface area (Å²) in [4.78, 5) is 23.5. The number of benzene rings is 2. The van der Waals surface area contributed by atoms with Gasteiger partial charge in [0.15, 0.2) is 6.61 Å². The fraction of sp³-hybridized carbons (Fsp3) is 0.263. The molecule has 6 heteroatoms. The average molecular weight is 405 g/mol. The first kappa shape index (κ1) is 19.0. The van der Waals surface area contributed by atoms with Crippen LogP contribution in [0.3, 0.4) is 0 Å². The summed E-state index contributed by atoms with van der Waals surface area (Å²) in [5.74, 6) is -0.399. The maximum Gasteiger partial charge on any atom is 0.262 e. The highest BCUT2D eigenvalue weighted by Crippen LogP contribution is 2.31. The lowest BCUT2D eigenvalue weighted by molar-refractivity contribution is -0.118. The summed E-state index contributed by atoms with van der Waals surface area (Å²) in [7, 11) is 0. The largest absolute Gasteiger partial charge is 0.483 e. The second kappa shape index (κ2) is 7.70. The fourth-order valence-electron chi connectivity index (χ4n) is 2.22. The predicted molar refractivity (Wildman–Crippen MR) is 102 cm³/mol. The van der Waals surface area contributed by atoms with Crippen molar-refractivity contribution < 1.29 is 14.3 Å². The highest BCUT2D eigenvalue weighted by molar-refractivity contribution is 9.10. The topological polar surface area (TPSA) is 81.4 Å². The normalized spacial score (nSPS) is 11.0. The van der Waals surface area contributed by atoms with Gasteiger partial charge in [-0.3, -0.25) is 9.59 Å². The highest BCUT2D eigenvalue weighted by Gasteiger charge is 2.16. The van der Waals surface area contributed by atoms with E-state index in [-0.39, 0.29) is 23.5 Å². The third-order valence-electron chi connectivity index (χ3n) is 3.62. The van der Waals surface area contributed by atoms with Gasteiger partial charge in [0.1, 0.15) is 5.75 Å². The number of nitrogens with one attached hydrogen (secondary N) is 1. The lowest BCUT2D eigenvalue weighted by atomic mass is 9.87. The van der Waals surface area contributed by atoms with Crippen molar-refractivity contribution in [2.75, 3.05) is 11.9 Å². The van der Waals surface area contributed by atoms with Gasteiger partial charge in [-0.15, -0.1) is 0 Å². The number of anilines is 1. The summed E-state index contributed by atoms with van der Waals surface area (Å²) >= 11 is 3.47. The molecular formula is C19H21BrN2O3. The van der Waals surface area contributed by atoms with Crippen LogP contribution in [0.25, 0.3) is 0 Å². The van der Waals surface area contributed by atoms with Crippen molar-refractivity contribution in [1.82, 2.24) is 0 Å². The highest BCUT2D eigenvalue weighted by atomic mass is 79.9. The summed E-state index contributed by atoms with van der Waals surface area (Å²) in [6.07, 6.45) is 0. The van der Waals surface area contributed by atoms with Gasteiger partial charge < -0.3 is 15.8 Å². The molecule has 0 atom stereocenters. The van der Waals surface area contributed by atoms with Gasteiger partial charge in [-0.05, 0) is 51.2 Å². The third kappa shape index (κ3) is 5.06. The van der Waals surface area contributed by atoms with E-state index in [1.807, 2.05) is 18.2 Å². The molecule has 0 aliphatic rings. The number of amides is 2. The minimum absolute atomic E-state index is 0.0247. The van der Waals surface area contributed by atoms with E-state index < -0.39 is 5.91 Å². The number of hydrogen-bond donors (Lipinski definition) is 2. The van der Waals surface area contributed by atoms with E-state index in [1.165, 1.54) is 0 Å². The Morgan fingerprint density at radius 3 is 2.44 bits per heavy atom. The third-order valence-corrected chi connectivity index (χ3v) is 4.24. The van der Waals surface area contributed by atoms with Crippen molar-refractivity contribution in [3.05, 3.63) is 58.1 Å². The standard InChI is InChI=1S/C19H21BrN2O3/c1-19(2,3)12-8-9-16(14(20)10-12)25-11-17(23)22-15-7-5-4-6-13(15)18(21)24/h4-10H,11H2,1-3H3,(H2,21,24)(H,22,23). The Hall–Kier alpha value is -2.34. The SMILES string of the molecule is CC(C)(C)c1ccc(OCC(=O)Nc2ccccc2C(N)=O)c(Br)c1. The molecule has 132 valence electrons. The van der Waals surface area contributed by atoms with E-state index >= 15 is 0 Å². The monoisotopic (exact) mass is 404 g/mol. The maximum atomic E-state index is 12.1. The number of carbonyl (C=O) groups is 2. The van der Waals surface area contributed by atoms with Gasteiger partial charge in [0.05, 0.1) is 15.7 Å². The van der Waals surface area contributed by atoms with E-state index in [9.17, 15) is 9.59 Å². The lowest BCUT2D eigenvalue weighted by Crippen LogP contribution is -2.23. The number of carbonyl (C=O) groups excluding carboxylic acids is 2. The van der Waals surface area contributed by atoms with Crippen molar-refractivity contribution in [3.63, 3.8) is 0 Å². The first-order valence-corrected chi connectivity index (χ1v) is 8.59. The number of rotatable bonds is 5. The first-order chi connectivity index (χ1) is 11.7. The molecule has 0 radical (unpaired) electrons. The molecule has 25 heavy (non-hydrogen) atoms. The summed E-state index contributed by atoms with van der Waals surface area (Å²) in [5, 5.41) is 2.64. The van der Waals surface area contributed by atoms with Gasteiger partial charge in [0.2, 0.25) is 0 Å². The van der Waals surface area contributed by atoms with Gasteiger partial charge in [0.25, 0.3) is 11.8 Å². The number of nitrogens with two attached hydrogens (primary N) is 1. The van der Waals surface area contributed by atoms with Gasteiger partial charge in [-0.2, -0.15) is 0 Å². The summed E-state index contributed by atoms with van der Waals surface area (Å²) in [6, 6.07) is 12.4. The molecule has 3 N–H and O–H groups in total. The smallest absolute Gasteiger partial charge is 0.262 e.